The summed E-state index contributed by atoms with van der Waals surface area (Å²) in [5.74, 6) is -1.02. The van der Waals surface area contributed by atoms with Crippen molar-refractivity contribution in [3.05, 3.63) is 35.4 Å². The van der Waals surface area contributed by atoms with Crippen LogP contribution in [0.15, 0.2) is 24.3 Å². The Kier molecular flexibility index (Phi) is 4.28. The molecular weight excluding hydrogens is 222 g/mol. The summed E-state index contributed by atoms with van der Waals surface area (Å²) >= 11 is 0. The average Bonchev–Trinajstić information content (AvgIpc) is 2.29. The number of aliphatic carboxylic acids is 1. The van der Waals surface area contributed by atoms with E-state index in [4.69, 9.17) is 5.11 Å². The van der Waals surface area contributed by atoms with Crippen LogP contribution in [-0.4, -0.2) is 24.3 Å². The van der Waals surface area contributed by atoms with Crippen LogP contribution < -0.4 is 5.32 Å². The van der Waals surface area contributed by atoms with Crippen molar-refractivity contribution in [1.29, 1.82) is 0 Å². The van der Waals surface area contributed by atoms with Gasteiger partial charge in [-0.3, -0.25) is 5.32 Å². The number of nitrogens with one attached hydrogen (secondary N) is 1. The highest BCUT2D eigenvalue weighted by atomic mass is 16.5. The van der Waals surface area contributed by atoms with Gasteiger partial charge in [0.05, 0.1) is 7.11 Å². The summed E-state index contributed by atoms with van der Waals surface area (Å²) < 4.78 is 4.46. The number of carboxylic acid groups (broad SMARTS) is 1. The summed E-state index contributed by atoms with van der Waals surface area (Å²) in [5, 5.41) is 11.0. The lowest BCUT2D eigenvalue weighted by molar-refractivity contribution is -0.131. The van der Waals surface area contributed by atoms with Gasteiger partial charge in [0.25, 0.3) is 0 Å². The Labute approximate surface area is 98.7 Å². The topological polar surface area (TPSA) is 75.6 Å². The van der Waals surface area contributed by atoms with E-state index in [0.717, 1.165) is 17.2 Å². The summed E-state index contributed by atoms with van der Waals surface area (Å²) in [6.07, 6.45) is 1.95. The van der Waals surface area contributed by atoms with Crippen LogP contribution in [0.2, 0.25) is 0 Å². The smallest absolute Gasteiger partial charge is 0.411 e. The highest BCUT2D eigenvalue weighted by Crippen LogP contribution is 2.16. The van der Waals surface area contributed by atoms with Gasteiger partial charge in [0.2, 0.25) is 0 Å². The third-order valence-corrected chi connectivity index (χ3v) is 2.12. The van der Waals surface area contributed by atoms with Gasteiger partial charge in [-0.1, -0.05) is 6.07 Å². The molecule has 2 N–H and O–H groups in total. The van der Waals surface area contributed by atoms with Crippen LogP contribution in [0.3, 0.4) is 0 Å². The predicted octanol–water partition coefficient (Wildman–Crippen LogP) is 2.27. The highest BCUT2D eigenvalue weighted by molar-refractivity contribution is 5.87. The molecule has 0 aliphatic heterocycles. The van der Waals surface area contributed by atoms with Gasteiger partial charge in [-0.25, -0.2) is 9.59 Å². The third kappa shape index (κ3) is 3.98. The normalized spacial score (nSPS) is 10.2. The first kappa shape index (κ1) is 12.8. The number of rotatable bonds is 3. The van der Waals surface area contributed by atoms with Crippen LogP contribution >= 0.6 is 0 Å². The van der Waals surface area contributed by atoms with Crippen molar-refractivity contribution in [3.8, 4) is 0 Å². The maximum absolute atomic E-state index is 11.0. The number of carbonyl (C=O) groups excluding carboxylic acids is 1. The number of carboxylic acids is 1. The van der Waals surface area contributed by atoms with Crippen molar-refractivity contribution >= 4 is 23.8 Å². The van der Waals surface area contributed by atoms with Crippen molar-refractivity contribution in [2.45, 2.75) is 6.92 Å². The molecule has 0 unspecified atom stereocenters. The molecule has 0 radical (unpaired) electrons. The molecule has 0 heterocycles. The SMILES string of the molecule is COC(=O)Nc1ccc(C)c(C=CC(=O)O)c1. The quantitative estimate of drug-likeness (QED) is 0.788. The van der Waals surface area contributed by atoms with Gasteiger partial charge < -0.3 is 9.84 Å². The Balaban J connectivity index is 2.94. The molecule has 5 nitrogen and oxygen atoms in total. The van der Waals surface area contributed by atoms with E-state index in [1.54, 1.807) is 18.2 Å². The number of anilines is 1. The van der Waals surface area contributed by atoms with Crippen LogP contribution in [0.5, 0.6) is 0 Å². The van der Waals surface area contributed by atoms with Crippen molar-refractivity contribution in [2.75, 3.05) is 12.4 Å². The second kappa shape index (κ2) is 5.69. The van der Waals surface area contributed by atoms with E-state index in [2.05, 4.69) is 10.1 Å². The lowest BCUT2D eigenvalue weighted by Crippen LogP contribution is -2.10. The van der Waals surface area contributed by atoms with E-state index in [1.165, 1.54) is 13.2 Å². The van der Waals surface area contributed by atoms with Crippen LogP contribution in [0.4, 0.5) is 10.5 Å². The Hall–Kier alpha value is -2.30. The molecular formula is C12H13NO4. The first-order valence-electron chi connectivity index (χ1n) is 4.89. The number of aryl methyl sites for hydroxylation is 1. The molecule has 0 spiro atoms. The number of ether oxygens (including phenoxy) is 1. The maximum atomic E-state index is 11.0. The fraction of sp³-hybridized carbons (Fsp3) is 0.167. The molecule has 5 heteroatoms. The van der Waals surface area contributed by atoms with Gasteiger partial charge in [-0.2, -0.15) is 0 Å². The molecule has 17 heavy (non-hydrogen) atoms. The second-order valence-corrected chi connectivity index (χ2v) is 3.36. The molecule has 1 aromatic carbocycles. The Morgan fingerprint density at radius 3 is 2.71 bits per heavy atom. The van der Waals surface area contributed by atoms with E-state index in [0.29, 0.717) is 5.69 Å². The van der Waals surface area contributed by atoms with Crippen LogP contribution in [0.1, 0.15) is 11.1 Å². The van der Waals surface area contributed by atoms with Crippen LogP contribution in [-0.2, 0) is 9.53 Å². The van der Waals surface area contributed by atoms with Gasteiger partial charge in [0, 0.05) is 11.8 Å². The lowest BCUT2D eigenvalue weighted by atomic mass is 10.1. The first-order chi connectivity index (χ1) is 8.02. The molecule has 0 aliphatic rings. The van der Waals surface area contributed by atoms with Gasteiger partial charge in [0.1, 0.15) is 0 Å². The molecule has 90 valence electrons. The van der Waals surface area contributed by atoms with Crippen molar-refractivity contribution in [1.82, 2.24) is 0 Å². The first-order valence-corrected chi connectivity index (χ1v) is 4.89. The lowest BCUT2D eigenvalue weighted by Gasteiger charge is -2.06. The highest BCUT2D eigenvalue weighted by Gasteiger charge is 2.02. The fourth-order valence-corrected chi connectivity index (χ4v) is 1.23. The summed E-state index contributed by atoms with van der Waals surface area (Å²) in [7, 11) is 1.27. The van der Waals surface area contributed by atoms with Crippen LogP contribution in [0.25, 0.3) is 6.08 Å². The molecule has 0 bridgehead atoms. The number of hydrogen-bond donors (Lipinski definition) is 2. The minimum absolute atomic E-state index is 0.549. The zero-order chi connectivity index (χ0) is 12.8. The molecule has 0 atom stereocenters. The van der Waals surface area contributed by atoms with Crippen molar-refractivity contribution < 1.29 is 19.4 Å². The van der Waals surface area contributed by atoms with E-state index >= 15 is 0 Å². The average molecular weight is 235 g/mol. The van der Waals surface area contributed by atoms with Gasteiger partial charge >= 0.3 is 12.1 Å². The predicted molar refractivity (Wildman–Crippen MR) is 63.9 cm³/mol. The minimum atomic E-state index is -1.02. The monoisotopic (exact) mass is 235 g/mol. The molecule has 0 saturated heterocycles. The zero-order valence-corrected chi connectivity index (χ0v) is 9.56. The Bertz CT molecular complexity index is 466. The number of amides is 1. The molecule has 1 rings (SSSR count). The minimum Gasteiger partial charge on any atom is -0.478 e. The number of hydrogen-bond acceptors (Lipinski definition) is 3. The molecule has 0 saturated carbocycles. The van der Waals surface area contributed by atoms with Gasteiger partial charge in [-0.15, -0.1) is 0 Å². The van der Waals surface area contributed by atoms with E-state index < -0.39 is 12.1 Å². The third-order valence-electron chi connectivity index (χ3n) is 2.12. The second-order valence-electron chi connectivity index (χ2n) is 3.36. The van der Waals surface area contributed by atoms with E-state index in [-0.39, 0.29) is 0 Å². The molecule has 0 aromatic heterocycles. The van der Waals surface area contributed by atoms with Crippen molar-refractivity contribution in [2.24, 2.45) is 0 Å². The fourth-order valence-electron chi connectivity index (χ4n) is 1.23. The molecule has 0 fully saturated rings. The number of methoxy groups -OCH3 is 1. The zero-order valence-electron chi connectivity index (χ0n) is 9.56. The largest absolute Gasteiger partial charge is 0.478 e. The van der Waals surface area contributed by atoms with E-state index in [1.807, 2.05) is 6.92 Å². The number of carbonyl (C=O) groups is 2. The van der Waals surface area contributed by atoms with Crippen molar-refractivity contribution in [3.63, 3.8) is 0 Å². The maximum Gasteiger partial charge on any atom is 0.411 e. The Morgan fingerprint density at radius 1 is 1.41 bits per heavy atom. The van der Waals surface area contributed by atoms with Gasteiger partial charge in [0.15, 0.2) is 0 Å². The summed E-state index contributed by atoms with van der Waals surface area (Å²) in [6, 6.07) is 5.17. The number of benzene rings is 1. The van der Waals surface area contributed by atoms with Crippen LogP contribution in [0, 0.1) is 6.92 Å². The Morgan fingerprint density at radius 2 is 2.12 bits per heavy atom. The molecule has 1 amide bonds. The summed E-state index contributed by atoms with van der Waals surface area (Å²) in [6.45, 7) is 1.85. The van der Waals surface area contributed by atoms with Gasteiger partial charge in [-0.05, 0) is 36.3 Å². The molecule has 0 aliphatic carbocycles. The van der Waals surface area contributed by atoms with E-state index in [9.17, 15) is 9.59 Å². The molecule has 1 aromatic rings. The standard InChI is InChI=1S/C12H13NO4/c1-8-3-5-10(13-12(16)17-2)7-9(8)4-6-11(14)15/h3-7H,1-2H3,(H,13,16)(H,14,15). The summed E-state index contributed by atoms with van der Waals surface area (Å²) in [4.78, 5) is 21.4. The summed E-state index contributed by atoms with van der Waals surface area (Å²) in [5.41, 5.74) is 2.19.